The zero-order chi connectivity index (χ0) is 20.5. The molecule has 0 aliphatic rings. The van der Waals surface area contributed by atoms with Gasteiger partial charge in [-0.1, -0.05) is 23.7 Å². The van der Waals surface area contributed by atoms with Crippen LogP contribution < -0.4 is 25.0 Å². The summed E-state index contributed by atoms with van der Waals surface area (Å²) in [5, 5.41) is 6.93. The van der Waals surface area contributed by atoms with E-state index >= 15 is 0 Å². The second-order valence-corrected chi connectivity index (χ2v) is 5.88. The van der Waals surface area contributed by atoms with Gasteiger partial charge in [-0.2, -0.15) is 5.10 Å². The Kier molecular flexibility index (Phi) is 7.65. The number of nitrogens with zero attached hydrogens (tertiary/aromatic N) is 1. The average Bonchev–Trinajstić information content (AvgIpc) is 2.72. The molecule has 148 valence electrons. The molecule has 8 nitrogen and oxygen atoms in total. The zero-order valence-corrected chi connectivity index (χ0v) is 16.4. The normalized spacial score (nSPS) is 10.4. The molecule has 0 bridgehead atoms. The third-order valence-electron chi connectivity index (χ3n) is 3.61. The maximum absolute atomic E-state index is 12.3. The van der Waals surface area contributed by atoms with Gasteiger partial charge in [-0.05, 0) is 29.8 Å². The topological polar surface area (TPSA) is 98.2 Å². The van der Waals surface area contributed by atoms with E-state index in [1.807, 2.05) is 0 Å². The van der Waals surface area contributed by atoms with E-state index in [0.717, 1.165) is 5.56 Å². The fourth-order valence-corrected chi connectivity index (χ4v) is 2.37. The lowest BCUT2D eigenvalue weighted by Crippen LogP contribution is -2.34. The first-order chi connectivity index (χ1) is 13.5. The molecular weight excluding hydrogens is 386 g/mol. The summed E-state index contributed by atoms with van der Waals surface area (Å²) in [6.45, 7) is -0.256. The highest BCUT2D eigenvalue weighted by molar-refractivity contribution is 6.30. The fraction of sp³-hybridized carbons (Fsp3) is 0.211. The highest BCUT2D eigenvalue weighted by Crippen LogP contribution is 2.38. The van der Waals surface area contributed by atoms with Crippen molar-refractivity contribution in [3.05, 3.63) is 52.5 Å². The van der Waals surface area contributed by atoms with Gasteiger partial charge < -0.3 is 19.5 Å². The van der Waals surface area contributed by atoms with Gasteiger partial charge in [-0.3, -0.25) is 9.59 Å². The van der Waals surface area contributed by atoms with Crippen LogP contribution in [-0.4, -0.2) is 45.9 Å². The lowest BCUT2D eigenvalue weighted by atomic mass is 10.1. The second-order valence-electron chi connectivity index (χ2n) is 5.44. The molecule has 0 aliphatic heterocycles. The first-order valence-corrected chi connectivity index (χ1v) is 8.52. The van der Waals surface area contributed by atoms with E-state index < -0.39 is 11.8 Å². The highest BCUT2D eigenvalue weighted by Gasteiger charge is 2.17. The van der Waals surface area contributed by atoms with Crippen molar-refractivity contribution in [3.8, 4) is 17.2 Å². The summed E-state index contributed by atoms with van der Waals surface area (Å²) in [6.07, 6.45) is 1.47. The number of methoxy groups -OCH3 is 3. The Bertz CT molecular complexity index is 843. The molecule has 0 fully saturated rings. The number of halogens is 1. The molecule has 0 radical (unpaired) electrons. The second kappa shape index (κ2) is 10.2. The Labute approximate surface area is 167 Å². The molecule has 0 unspecified atom stereocenters. The summed E-state index contributed by atoms with van der Waals surface area (Å²) in [5.74, 6) is 0.0888. The van der Waals surface area contributed by atoms with Crippen LogP contribution in [0.25, 0.3) is 0 Å². The number of hydrogen-bond acceptors (Lipinski definition) is 6. The van der Waals surface area contributed by atoms with E-state index in [-0.39, 0.29) is 12.1 Å². The lowest BCUT2D eigenvalue weighted by molar-refractivity contribution is -0.120. The molecular formula is C19H20ClN3O5. The van der Waals surface area contributed by atoms with E-state index in [1.165, 1.54) is 39.7 Å². The monoisotopic (exact) mass is 405 g/mol. The number of hydrogen-bond donors (Lipinski definition) is 2. The van der Waals surface area contributed by atoms with Crippen molar-refractivity contribution < 1.29 is 23.8 Å². The first-order valence-electron chi connectivity index (χ1n) is 8.14. The van der Waals surface area contributed by atoms with Crippen molar-refractivity contribution >= 4 is 29.6 Å². The van der Waals surface area contributed by atoms with E-state index in [1.54, 1.807) is 24.3 Å². The molecule has 9 heteroatoms. The minimum Gasteiger partial charge on any atom is -0.493 e. The van der Waals surface area contributed by atoms with Crippen LogP contribution in [0.15, 0.2) is 41.5 Å². The van der Waals surface area contributed by atoms with Gasteiger partial charge >= 0.3 is 0 Å². The summed E-state index contributed by atoms with van der Waals surface area (Å²) < 4.78 is 15.6. The van der Waals surface area contributed by atoms with Crippen LogP contribution in [-0.2, 0) is 4.79 Å². The third-order valence-corrected chi connectivity index (χ3v) is 3.86. The van der Waals surface area contributed by atoms with Crippen molar-refractivity contribution in [2.75, 3.05) is 27.9 Å². The van der Waals surface area contributed by atoms with Crippen LogP contribution in [0.2, 0.25) is 5.02 Å². The van der Waals surface area contributed by atoms with Crippen molar-refractivity contribution in [3.63, 3.8) is 0 Å². The smallest absolute Gasteiger partial charge is 0.259 e. The Morgan fingerprint density at radius 3 is 2.18 bits per heavy atom. The molecule has 0 saturated heterocycles. The van der Waals surface area contributed by atoms with Gasteiger partial charge in [0.15, 0.2) is 11.5 Å². The summed E-state index contributed by atoms with van der Waals surface area (Å²) in [7, 11) is 4.37. The number of carbonyl (C=O) groups is 2. The van der Waals surface area contributed by atoms with E-state index in [4.69, 9.17) is 25.8 Å². The Morgan fingerprint density at radius 2 is 1.64 bits per heavy atom. The molecule has 2 aromatic rings. The van der Waals surface area contributed by atoms with E-state index in [0.29, 0.717) is 22.3 Å². The van der Waals surface area contributed by atoms with Gasteiger partial charge in [0.05, 0.1) is 34.1 Å². The molecule has 0 saturated carbocycles. The molecule has 2 rings (SSSR count). The lowest BCUT2D eigenvalue weighted by Gasteiger charge is -2.14. The third kappa shape index (κ3) is 5.62. The van der Waals surface area contributed by atoms with Gasteiger partial charge in [0, 0.05) is 10.6 Å². The number of nitrogens with one attached hydrogen (secondary N) is 2. The molecule has 0 heterocycles. The fourth-order valence-electron chi connectivity index (χ4n) is 2.24. The number of rotatable bonds is 8. The molecule has 2 N–H and O–H groups in total. The quantitative estimate of drug-likeness (QED) is 0.518. The highest BCUT2D eigenvalue weighted by atomic mass is 35.5. The van der Waals surface area contributed by atoms with Crippen LogP contribution in [0.4, 0.5) is 0 Å². The minimum absolute atomic E-state index is 0.256. The SMILES string of the molecule is COc1cc(C(=O)NCC(=O)N/N=C/c2ccc(Cl)cc2)cc(OC)c1OC. The van der Waals surface area contributed by atoms with Crippen LogP contribution in [0.5, 0.6) is 17.2 Å². The van der Waals surface area contributed by atoms with Crippen molar-refractivity contribution in [1.82, 2.24) is 10.7 Å². The van der Waals surface area contributed by atoms with Crippen molar-refractivity contribution in [2.24, 2.45) is 5.10 Å². The van der Waals surface area contributed by atoms with Crippen LogP contribution in [0.1, 0.15) is 15.9 Å². The maximum Gasteiger partial charge on any atom is 0.259 e. The predicted molar refractivity (Wildman–Crippen MR) is 106 cm³/mol. The van der Waals surface area contributed by atoms with Crippen LogP contribution >= 0.6 is 11.6 Å². The summed E-state index contributed by atoms with van der Waals surface area (Å²) in [4.78, 5) is 24.2. The van der Waals surface area contributed by atoms with Gasteiger partial charge in [0.2, 0.25) is 5.75 Å². The Balaban J connectivity index is 1.94. The Hall–Kier alpha value is -3.26. The minimum atomic E-state index is -0.481. The maximum atomic E-state index is 12.3. The zero-order valence-electron chi connectivity index (χ0n) is 15.6. The molecule has 0 aromatic heterocycles. The van der Waals surface area contributed by atoms with Gasteiger partial charge in [-0.25, -0.2) is 5.43 Å². The van der Waals surface area contributed by atoms with E-state index in [9.17, 15) is 9.59 Å². The summed E-state index contributed by atoms with van der Waals surface area (Å²) in [5.41, 5.74) is 3.36. The number of carbonyl (C=O) groups excluding carboxylic acids is 2. The number of amides is 2. The van der Waals surface area contributed by atoms with Crippen molar-refractivity contribution in [2.45, 2.75) is 0 Å². The standard InChI is InChI=1S/C19H20ClN3O5/c1-26-15-8-13(9-16(27-2)18(15)28-3)19(25)21-11-17(24)23-22-10-12-4-6-14(20)7-5-12/h4-10H,11H2,1-3H3,(H,21,25)(H,23,24)/b22-10+. The summed E-state index contributed by atoms with van der Waals surface area (Å²) in [6, 6.07) is 9.92. The number of hydrazone groups is 1. The molecule has 0 atom stereocenters. The molecule has 2 aromatic carbocycles. The molecule has 0 aliphatic carbocycles. The van der Waals surface area contributed by atoms with Gasteiger partial charge in [0.25, 0.3) is 11.8 Å². The van der Waals surface area contributed by atoms with Crippen LogP contribution in [0.3, 0.4) is 0 Å². The molecule has 28 heavy (non-hydrogen) atoms. The largest absolute Gasteiger partial charge is 0.493 e. The van der Waals surface area contributed by atoms with Crippen molar-refractivity contribution in [1.29, 1.82) is 0 Å². The molecule has 2 amide bonds. The molecule has 0 spiro atoms. The van der Waals surface area contributed by atoms with Crippen LogP contribution in [0, 0.1) is 0 Å². The van der Waals surface area contributed by atoms with Gasteiger partial charge in [-0.15, -0.1) is 0 Å². The predicted octanol–water partition coefficient (Wildman–Crippen LogP) is 2.25. The average molecular weight is 406 g/mol. The van der Waals surface area contributed by atoms with E-state index in [2.05, 4.69) is 15.8 Å². The van der Waals surface area contributed by atoms with Gasteiger partial charge in [0.1, 0.15) is 0 Å². The number of ether oxygens (including phenoxy) is 3. The summed E-state index contributed by atoms with van der Waals surface area (Å²) >= 11 is 5.80. The Morgan fingerprint density at radius 1 is 1.04 bits per heavy atom. The number of benzene rings is 2. The first kappa shape index (κ1) is 21.0.